The number of aromatic nitrogens is 1. The molecule has 1 aromatic heterocycles. The Morgan fingerprint density at radius 1 is 1.22 bits per heavy atom. The van der Waals surface area contributed by atoms with Crippen LogP contribution >= 0.6 is 23.6 Å². The number of alkyl halides is 3. The monoisotopic (exact) mass is 480 g/mol. The molecule has 0 aliphatic carbocycles. The Bertz CT molecular complexity index is 1170. The number of benzene rings is 2. The molecule has 0 aliphatic rings. The average Bonchev–Trinajstić information content (AvgIpc) is 3.04. The van der Waals surface area contributed by atoms with Gasteiger partial charge in [-0.25, -0.2) is 4.79 Å². The number of thiazole rings is 1. The normalized spacial score (nSPS) is 12.8. The van der Waals surface area contributed by atoms with E-state index >= 15 is 0 Å². The number of para-hydroxylation sites is 1. The molecule has 10 heteroatoms. The van der Waals surface area contributed by atoms with Crippen molar-refractivity contribution in [3.05, 3.63) is 74.6 Å². The quantitative estimate of drug-likeness (QED) is 0.252. The van der Waals surface area contributed by atoms with E-state index in [4.69, 9.17) is 17.0 Å². The highest BCUT2D eigenvalue weighted by atomic mass is 32.1. The Balaban J connectivity index is 1.99. The molecular formula is C22H19F3N2O3S2. The number of hydrogen-bond donors (Lipinski definition) is 1. The van der Waals surface area contributed by atoms with Crippen LogP contribution in [0, 0.1) is 3.95 Å². The summed E-state index contributed by atoms with van der Waals surface area (Å²) >= 11 is 6.28. The SMILES string of the molecule is CCOC(=O)[C@H](Cc1ccccc1)n1c(O)c(C=Nc2ccccc2C(F)(F)F)sc1=S. The molecule has 3 aromatic rings. The highest BCUT2D eigenvalue weighted by Gasteiger charge is 2.33. The van der Waals surface area contributed by atoms with Crippen molar-refractivity contribution in [2.75, 3.05) is 6.61 Å². The van der Waals surface area contributed by atoms with Gasteiger partial charge in [0, 0.05) is 6.42 Å². The van der Waals surface area contributed by atoms with Gasteiger partial charge >= 0.3 is 12.1 Å². The van der Waals surface area contributed by atoms with E-state index in [9.17, 15) is 23.1 Å². The molecule has 168 valence electrons. The van der Waals surface area contributed by atoms with Crippen LogP contribution < -0.4 is 0 Å². The molecule has 0 aliphatic heterocycles. The highest BCUT2D eigenvalue weighted by molar-refractivity contribution is 7.73. The van der Waals surface area contributed by atoms with Crippen LogP contribution in [-0.2, 0) is 22.1 Å². The number of carbonyl (C=O) groups excluding carboxylic acids is 1. The Hall–Kier alpha value is -2.98. The van der Waals surface area contributed by atoms with Crippen molar-refractivity contribution >= 4 is 41.4 Å². The molecule has 0 saturated carbocycles. The molecule has 32 heavy (non-hydrogen) atoms. The van der Waals surface area contributed by atoms with E-state index < -0.39 is 23.8 Å². The van der Waals surface area contributed by atoms with E-state index in [0.29, 0.717) is 0 Å². The fraction of sp³-hybridized carbons (Fsp3) is 0.227. The molecule has 0 bridgehead atoms. The van der Waals surface area contributed by atoms with Gasteiger partial charge in [0.15, 0.2) is 3.95 Å². The summed E-state index contributed by atoms with van der Waals surface area (Å²) in [5, 5.41) is 10.8. The van der Waals surface area contributed by atoms with E-state index in [1.54, 1.807) is 6.92 Å². The molecule has 0 saturated heterocycles. The molecule has 1 atom stereocenters. The lowest BCUT2D eigenvalue weighted by atomic mass is 10.1. The summed E-state index contributed by atoms with van der Waals surface area (Å²) in [4.78, 5) is 16.7. The maximum Gasteiger partial charge on any atom is 0.418 e. The summed E-state index contributed by atoms with van der Waals surface area (Å²) in [6, 6.07) is 13.1. The minimum absolute atomic E-state index is 0.134. The Morgan fingerprint density at radius 3 is 2.53 bits per heavy atom. The predicted octanol–water partition coefficient (Wildman–Crippen LogP) is 6.10. The Morgan fingerprint density at radius 2 is 1.88 bits per heavy atom. The number of carbonyl (C=O) groups is 1. The lowest BCUT2D eigenvalue weighted by molar-refractivity contribution is -0.147. The Kier molecular flexibility index (Phi) is 7.47. The number of aromatic hydroxyl groups is 1. The number of rotatable bonds is 7. The van der Waals surface area contributed by atoms with Crippen molar-refractivity contribution in [2.45, 2.75) is 25.6 Å². The first-order valence-corrected chi connectivity index (χ1v) is 10.8. The minimum Gasteiger partial charge on any atom is -0.493 e. The van der Waals surface area contributed by atoms with E-state index in [0.717, 1.165) is 29.2 Å². The summed E-state index contributed by atoms with van der Waals surface area (Å²) in [5.41, 5.74) is -0.365. The highest BCUT2D eigenvalue weighted by Crippen LogP contribution is 2.37. The van der Waals surface area contributed by atoms with Gasteiger partial charge in [0.25, 0.3) is 0 Å². The molecule has 5 nitrogen and oxygen atoms in total. The molecule has 0 spiro atoms. The number of esters is 1. The molecule has 1 N–H and O–H groups in total. The maximum atomic E-state index is 13.2. The van der Waals surface area contributed by atoms with Crippen LogP contribution in [0.15, 0.2) is 59.6 Å². The van der Waals surface area contributed by atoms with Crippen LogP contribution in [0.2, 0.25) is 0 Å². The van der Waals surface area contributed by atoms with E-state index in [2.05, 4.69) is 4.99 Å². The molecule has 2 aromatic carbocycles. The summed E-state index contributed by atoms with van der Waals surface area (Å²) < 4.78 is 46.2. The summed E-state index contributed by atoms with van der Waals surface area (Å²) in [5.74, 6) is -0.936. The first kappa shape index (κ1) is 23.7. The number of hydrogen-bond acceptors (Lipinski definition) is 6. The molecule has 0 fully saturated rings. The van der Waals surface area contributed by atoms with Crippen molar-refractivity contribution in [2.24, 2.45) is 4.99 Å². The summed E-state index contributed by atoms with van der Waals surface area (Å²) in [6.45, 7) is 1.81. The number of ether oxygens (including phenoxy) is 1. The van der Waals surface area contributed by atoms with Crippen molar-refractivity contribution in [3.8, 4) is 5.88 Å². The Labute approximate surface area is 191 Å². The second kappa shape index (κ2) is 10.1. The van der Waals surface area contributed by atoms with Gasteiger partial charge in [-0.1, -0.05) is 53.8 Å². The zero-order chi connectivity index (χ0) is 23.3. The molecule has 0 amide bonds. The standard InChI is InChI=1S/C22H19F3N2O3S2/c1-2-30-20(29)17(12-14-8-4-3-5-9-14)27-19(28)18(32-21(27)31)13-26-16-11-7-6-10-15(16)22(23,24)25/h3-11,13,17,28H,2,12H2,1H3/t17-/m0/s1. The average molecular weight is 481 g/mol. The number of aliphatic imine (C=N–C) groups is 1. The van der Waals surface area contributed by atoms with Crippen LogP contribution in [0.4, 0.5) is 18.9 Å². The van der Waals surface area contributed by atoms with E-state index in [1.165, 1.54) is 22.8 Å². The van der Waals surface area contributed by atoms with Crippen molar-refractivity contribution in [3.63, 3.8) is 0 Å². The summed E-state index contributed by atoms with van der Waals surface area (Å²) in [6.07, 6.45) is -3.24. The minimum atomic E-state index is -4.57. The molecule has 1 heterocycles. The molecule has 3 rings (SSSR count). The summed E-state index contributed by atoms with van der Waals surface area (Å²) in [7, 11) is 0. The molecule has 0 radical (unpaired) electrons. The van der Waals surface area contributed by atoms with Gasteiger partial charge in [0.2, 0.25) is 5.88 Å². The van der Waals surface area contributed by atoms with E-state index in [-0.39, 0.29) is 33.4 Å². The van der Waals surface area contributed by atoms with Crippen molar-refractivity contribution < 1.29 is 27.8 Å². The second-order valence-electron chi connectivity index (χ2n) is 6.66. The zero-order valence-corrected chi connectivity index (χ0v) is 18.5. The van der Waals surface area contributed by atoms with Gasteiger partial charge in [0.05, 0.1) is 24.1 Å². The molecule has 0 unspecified atom stereocenters. The van der Waals surface area contributed by atoms with Gasteiger partial charge in [-0.3, -0.25) is 9.56 Å². The topological polar surface area (TPSA) is 63.8 Å². The first-order chi connectivity index (χ1) is 15.2. The van der Waals surface area contributed by atoms with Gasteiger partial charge in [-0.05, 0) is 36.8 Å². The number of nitrogens with zero attached hydrogens (tertiary/aromatic N) is 2. The van der Waals surface area contributed by atoms with Crippen LogP contribution in [0.5, 0.6) is 5.88 Å². The lowest BCUT2D eigenvalue weighted by Crippen LogP contribution is -2.24. The van der Waals surface area contributed by atoms with Gasteiger partial charge < -0.3 is 9.84 Å². The van der Waals surface area contributed by atoms with Crippen LogP contribution in [0.25, 0.3) is 0 Å². The second-order valence-corrected chi connectivity index (χ2v) is 8.33. The fourth-order valence-electron chi connectivity index (χ4n) is 3.06. The fourth-order valence-corrected chi connectivity index (χ4v) is 4.34. The van der Waals surface area contributed by atoms with Crippen LogP contribution in [-0.4, -0.2) is 28.5 Å². The first-order valence-electron chi connectivity index (χ1n) is 9.57. The maximum absolute atomic E-state index is 13.2. The third-order valence-corrected chi connectivity index (χ3v) is 5.84. The smallest absolute Gasteiger partial charge is 0.418 e. The van der Waals surface area contributed by atoms with Crippen molar-refractivity contribution in [1.82, 2.24) is 4.57 Å². The van der Waals surface area contributed by atoms with Gasteiger partial charge in [-0.15, -0.1) is 0 Å². The number of halogens is 3. The van der Waals surface area contributed by atoms with Crippen LogP contribution in [0.1, 0.15) is 29.0 Å². The van der Waals surface area contributed by atoms with Gasteiger partial charge in [-0.2, -0.15) is 13.2 Å². The van der Waals surface area contributed by atoms with Crippen LogP contribution in [0.3, 0.4) is 0 Å². The lowest BCUT2D eigenvalue weighted by Gasteiger charge is -2.18. The predicted molar refractivity (Wildman–Crippen MR) is 119 cm³/mol. The largest absolute Gasteiger partial charge is 0.493 e. The van der Waals surface area contributed by atoms with E-state index in [1.807, 2.05) is 30.3 Å². The zero-order valence-electron chi connectivity index (χ0n) is 16.9. The third kappa shape index (κ3) is 5.43. The van der Waals surface area contributed by atoms with Crippen molar-refractivity contribution in [1.29, 1.82) is 0 Å². The molecular weight excluding hydrogens is 461 g/mol. The third-order valence-electron chi connectivity index (χ3n) is 4.52. The van der Waals surface area contributed by atoms with Gasteiger partial charge in [0.1, 0.15) is 10.9 Å².